The molecule has 2 aromatic rings. The molecule has 0 aliphatic carbocycles. The van der Waals surface area contributed by atoms with Gasteiger partial charge in [0.05, 0.1) is 11.6 Å². The fourth-order valence-electron chi connectivity index (χ4n) is 2.21. The van der Waals surface area contributed by atoms with Crippen LogP contribution in [0.2, 0.25) is 0 Å². The molecule has 1 amide bonds. The summed E-state index contributed by atoms with van der Waals surface area (Å²) >= 11 is 6.81. The summed E-state index contributed by atoms with van der Waals surface area (Å²) in [5.74, 6) is -0.783. The second-order valence-corrected chi connectivity index (χ2v) is 7.26. The first-order chi connectivity index (χ1) is 12.8. The number of hydrogen-bond donors (Lipinski definition) is 2. The summed E-state index contributed by atoms with van der Waals surface area (Å²) in [7, 11) is 1.49. The van der Waals surface area contributed by atoms with Crippen LogP contribution in [-0.2, 0) is 16.2 Å². The predicted octanol–water partition coefficient (Wildman–Crippen LogP) is 4.36. The minimum atomic E-state index is -1.24. The molecular formula is C19H17Br2NO5. The van der Waals surface area contributed by atoms with Gasteiger partial charge in [-0.3, -0.25) is 4.79 Å². The number of amides is 1. The van der Waals surface area contributed by atoms with Crippen LogP contribution in [0.25, 0.3) is 6.08 Å². The lowest BCUT2D eigenvalue weighted by Crippen LogP contribution is -2.24. The van der Waals surface area contributed by atoms with Crippen LogP contribution in [0.15, 0.2) is 51.0 Å². The van der Waals surface area contributed by atoms with E-state index in [4.69, 9.17) is 9.47 Å². The molecule has 27 heavy (non-hydrogen) atoms. The molecule has 0 aliphatic heterocycles. The summed E-state index contributed by atoms with van der Waals surface area (Å²) in [5, 5.41) is 11.5. The van der Waals surface area contributed by atoms with Gasteiger partial charge >= 0.3 is 5.97 Å². The van der Waals surface area contributed by atoms with E-state index >= 15 is 0 Å². The topological polar surface area (TPSA) is 84.9 Å². The molecule has 0 radical (unpaired) electrons. The zero-order chi connectivity index (χ0) is 20.0. The highest BCUT2D eigenvalue weighted by Crippen LogP contribution is 2.37. The van der Waals surface area contributed by atoms with E-state index in [2.05, 4.69) is 37.2 Å². The van der Waals surface area contributed by atoms with Crippen molar-refractivity contribution in [1.82, 2.24) is 5.32 Å². The van der Waals surface area contributed by atoms with Gasteiger partial charge in [-0.05, 0) is 57.4 Å². The number of benzene rings is 2. The molecule has 8 heteroatoms. The minimum absolute atomic E-state index is 0.236. The van der Waals surface area contributed by atoms with Gasteiger partial charge in [-0.25, -0.2) is 4.79 Å². The second-order valence-electron chi connectivity index (χ2n) is 5.49. The van der Waals surface area contributed by atoms with Gasteiger partial charge in [0.1, 0.15) is 12.3 Å². The van der Waals surface area contributed by atoms with Crippen LogP contribution in [0, 0.1) is 0 Å². The Kier molecular flexibility index (Phi) is 7.44. The monoisotopic (exact) mass is 497 g/mol. The zero-order valence-electron chi connectivity index (χ0n) is 14.6. The number of carboxylic acid groups (broad SMARTS) is 1. The summed E-state index contributed by atoms with van der Waals surface area (Å²) in [5.41, 5.74) is 1.27. The predicted molar refractivity (Wildman–Crippen MR) is 109 cm³/mol. The average molecular weight is 499 g/mol. The van der Waals surface area contributed by atoms with Crippen LogP contribution in [0.5, 0.6) is 11.5 Å². The molecule has 0 spiro atoms. The van der Waals surface area contributed by atoms with Gasteiger partial charge in [-0.1, -0.05) is 28.1 Å². The molecule has 0 bridgehead atoms. The Labute approximate surface area is 173 Å². The van der Waals surface area contributed by atoms with Crippen molar-refractivity contribution in [2.75, 3.05) is 7.11 Å². The van der Waals surface area contributed by atoms with E-state index in [-0.39, 0.29) is 5.70 Å². The third kappa shape index (κ3) is 6.11. The second kappa shape index (κ2) is 9.57. The first-order valence-corrected chi connectivity index (χ1v) is 9.36. The number of ether oxygens (including phenoxy) is 2. The number of aliphatic carboxylic acids is 1. The maximum atomic E-state index is 11.3. The molecule has 142 valence electrons. The summed E-state index contributed by atoms with van der Waals surface area (Å²) < 4.78 is 12.8. The number of rotatable bonds is 7. The molecule has 0 saturated heterocycles. The van der Waals surface area contributed by atoms with Gasteiger partial charge < -0.3 is 19.9 Å². The van der Waals surface area contributed by atoms with Crippen molar-refractivity contribution in [3.63, 3.8) is 0 Å². The van der Waals surface area contributed by atoms with Gasteiger partial charge in [0, 0.05) is 11.4 Å². The molecule has 0 fully saturated rings. The smallest absolute Gasteiger partial charge is 0.352 e. The normalized spacial score (nSPS) is 11.0. The molecule has 0 heterocycles. The van der Waals surface area contributed by atoms with Crippen LogP contribution >= 0.6 is 31.9 Å². The third-order valence-corrected chi connectivity index (χ3v) is 4.52. The molecule has 0 atom stereocenters. The highest BCUT2D eigenvalue weighted by atomic mass is 79.9. The van der Waals surface area contributed by atoms with Crippen LogP contribution in [0.1, 0.15) is 18.1 Å². The molecule has 0 unspecified atom stereocenters. The lowest BCUT2D eigenvalue weighted by molar-refractivity contribution is -0.134. The summed E-state index contributed by atoms with van der Waals surface area (Å²) in [6.07, 6.45) is 1.34. The SMILES string of the molecule is COc1cc(/C=C(/NC(C)=O)C(=O)O)cc(Br)c1OCc1ccc(Br)cc1. The van der Waals surface area contributed by atoms with E-state index < -0.39 is 11.9 Å². The largest absolute Gasteiger partial charge is 0.493 e. The van der Waals surface area contributed by atoms with Crippen molar-refractivity contribution in [3.05, 3.63) is 62.2 Å². The van der Waals surface area contributed by atoms with Crippen molar-refractivity contribution in [2.24, 2.45) is 0 Å². The number of carbonyl (C=O) groups excluding carboxylic acids is 1. The number of nitrogens with one attached hydrogen (secondary N) is 1. The summed E-state index contributed by atoms with van der Waals surface area (Å²) in [6, 6.07) is 11.0. The van der Waals surface area contributed by atoms with Gasteiger partial charge in [-0.15, -0.1) is 0 Å². The summed E-state index contributed by atoms with van der Waals surface area (Å²) in [4.78, 5) is 22.4. The molecule has 6 nitrogen and oxygen atoms in total. The zero-order valence-corrected chi connectivity index (χ0v) is 17.8. The standard InChI is InChI=1S/C19H17Br2NO5/c1-11(23)22-16(19(24)25)8-13-7-15(21)18(17(9-13)26-2)27-10-12-3-5-14(20)6-4-12/h3-9H,10H2,1-2H3,(H,22,23)(H,24,25)/b16-8+. The van der Waals surface area contributed by atoms with E-state index in [0.717, 1.165) is 10.0 Å². The van der Waals surface area contributed by atoms with Crippen molar-refractivity contribution in [3.8, 4) is 11.5 Å². The Hall–Kier alpha value is -2.32. The Balaban J connectivity index is 2.29. The highest BCUT2D eigenvalue weighted by molar-refractivity contribution is 9.10. The van der Waals surface area contributed by atoms with Gasteiger partial charge in [0.2, 0.25) is 5.91 Å². The minimum Gasteiger partial charge on any atom is -0.493 e. The Bertz CT molecular complexity index is 878. The van der Waals surface area contributed by atoms with E-state index in [0.29, 0.717) is 28.1 Å². The number of methoxy groups -OCH3 is 1. The number of carbonyl (C=O) groups is 2. The van der Waals surface area contributed by atoms with E-state index in [1.165, 1.54) is 20.1 Å². The van der Waals surface area contributed by atoms with Crippen molar-refractivity contribution in [1.29, 1.82) is 0 Å². The average Bonchev–Trinajstić information content (AvgIpc) is 2.60. The van der Waals surface area contributed by atoms with Gasteiger partial charge in [0.15, 0.2) is 11.5 Å². The Morgan fingerprint density at radius 1 is 1.19 bits per heavy atom. The van der Waals surface area contributed by atoms with Crippen molar-refractivity contribution < 1.29 is 24.2 Å². The molecule has 0 aliphatic rings. The van der Waals surface area contributed by atoms with E-state index in [1.54, 1.807) is 12.1 Å². The van der Waals surface area contributed by atoms with Crippen LogP contribution < -0.4 is 14.8 Å². The van der Waals surface area contributed by atoms with Crippen LogP contribution in [0.4, 0.5) is 0 Å². The van der Waals surface area contributed by atoms with Crippen molar-refractivity contribution >= 4 is 49.8 Å². The number of hydrogen-bond acceptors (Lipinski definition) is 4. The van der Waals surface area contributed by atoms with Crippen LogP contribution in [-0.4, -0.2) is 24.1 Å². The fraction of sp³-hybridized carbons (Fsp3) is 0.158. The molecular weight excluding hydrogens is 482 g/mol. The highest BCUT2D eigenvalue weighted by Gasteiger charge is 2.14. The quantitative estimate of drug-likeness (QED) is 0.554. The lowest BCUT2D eigenvalue weighted by atomic mass is 10.1. The summed E-state index contributed by atoms with van der Waals surface area (Å²) in [6.45, 7) is 1.58. The lowest BCUT2D eigenvalue weighted by Gasteiger charge is -2.14. The number of halogens is 2. The third-order valence-electron chi connectivity index (χ3n) is 3.40. The van der Waals surface area contributed by atoms with Crippen LogP contribution in [0.3, 0.4) is 0 Å². The Morgan fingerprint density at radius 3 is 2.41 bits per heavy atom. The van der Waals surface area contributed by atoms with E-state index in [9.17, 15) is 14.7 Å². The van der Waals surface area contributed by atoms with Gasteiger partial charge in [0.25, 0.3) is 0 Å². The van der Waals surface area contributed by atoms with Gasteiger partial charge in [-0.2, -0.15) is 0 Å². The van der Waals surface area contributed by atoms with E-state index in [1.807, 2.05) is 24.3 Å². The molecule has 2 rings (SSSR count). The molecule has 2 aromatic carbocycles. The molecule has 0 aromatic heterocycles. The maximum Gasteiger partial charge on any atom is 0.352 e. The fourth-order valence-corrected chi connectivity index (χ4v) is 3.05. The molecule has 0 saturated carbocycles. The molecule has 2 N–H and O–H groups in total. The Morgan fingerprint density at radius 2 is 1.85 bits per heavy atom. The maximum absolute atomic E-state index is 11.3. The first kappa shape index (κ1) is 21.0. The van der Waals surface area contributed by atoms with Crippen molar-refractivity contribution in [2.45, 2.75) is 13.5 Å². The first-order valence-electron chi connectivity index (χ1n) is 7.77. The number of carboxylic acids is 1.